The van der Waals surface area contributed by atoms with E-state index < -0.39 is 6.36 Å². The molecule has 0 amide bonds. The molecular weight excluding hydrogens is 233 g/mol. The molecule has 0 saturated carbocycles. The lowest BCUT2D eigenvalue weighted by molar-refractivity contribution is -0.325. The fourth-order valence-corrected chi connectivity index (χ4v) is 2.16. The molecule has 1 aliphatic heterocycles. The van der Waals surface area contributed by atoms with Gasteiger partial charge in [0.05, 0.1) is 6.61 Å². The Hall–Kier alpha value is -0.330. The molecule has 0 aromatic heterocycles. The predicted molar refractivity (Wildman–Crippen MR) is 59.7 cm³/mol. The lowest BCUT2D eigenvalue weighted by atomic mass is 9.98. The number of ether oxygens (including phenoxy) is 1. The van der Waals surface area contributed by atoms with Crippen molar-refractivity contribution in [1.82, 2.24) is 10.2 Å². The van der Waals surface area contributed by atoms with Gasteiger partial charge in [-0.2, -0.15) is 0 Å². The Morgan fingerprint density at radius 1 is 1.41 bits per heavy atom. The van der Waals surface area contributed by atoms with Gasteiger partial charge in [0.2, 0.25) is 0 Å². The highest BCUT2D eigenvalue weighted by Gasteiger charge is 2.33. The van der Waals surface area contributed by atoms with E-state index in [1.165, 1.54) is 0 Å². The molecule has 1 unspecified atom stereocenters. The number of hydrogen-bond donors (Lipinski definition) is 1. The summed E-state index contributed by atoms with van der Waals surface area (Å²) in [5.41, 5.74) is -0.0517. The normalized spacial score (nSPS) is 26.1. The van der Waals surface area contributed by atoms with E-state index in [-0.39, 0.29) is 12.1 Å². The first kappa shape index (κ1) is 14.7. The summed E-state index contributed by atoms with van der Waals surface area (Å²) in [6, 6.07) is 0.292. The molecule has 1 rings (SSSR count). The lowest BCUT2D eigenvalue weighted by Gasteiger charge is -2.44. The Kier molecular flexibility index (Phi) is 4.80. The Morgan fingerprint density at radius 2 is 2.06 bits per heavy atom. The molecule has 1 N–H and O–H groups in total. The van der Waals surface area contributed by atoms with Crippen LogP contribution in [0.5, 0.6) is 0 Å². The van der Waals surface area contributed by atoms with Crippen LogP contribution in [-0.2, 0) is 4.74 Å². The molecule has 1 fully saturated rings. The highest BCUT2D eigenvalue weighted by atomic mass is 19.4. The Bertz CT molecular complexity index is 243. The monoisotopic (exact) mass is 254 g/mol. The van der Waals surface area contributed by atoms with Crippen LogP contribution in [-0.4, -0.2) is 49.1 Å². The van der Waals surface area contributed by atoms with Crippen LogP contribution in [0, 0.1) is 0 Å². The van der Waals surface area contributed by atoms with Crippen LogP contribution >= 0.6 is 0 Å². The first-order valence-corrected chi connectivity index (χ1v) is 5.93. The van der Waals surface area contributed by atoms with Gasteiger partial charge >= 0.3 is 6.36 Å². The number of hydrogen-bond acceptors (Lipinski definition) is 3. The fourth-order valence-electron chi connectivity index (χ4n) is 2.16. The minimum atomic E-state index is -4.52. The zero-order chi connectivity index (χ0) is 13.1. The molecular formula is C11H21F3N2O. The van der Waals surface area contributed by atoms with Gasteiger partial charge < -0.3 is 5.32 Å². The largest absolute Gasteiger partial charge is 0.522 e. The van der Waals surface area contributed by atoms with Gasteiger partial charge in [-0.25, -0.2) is 0 Å². The van der Waals surface area contributed by atoms with Crippen LogP contribution in [0.4, 0.5) is 13.2 Å². The van der Waals surface area contributed by atoms with Gasteiger partial charge in [-0.3, -0.25) is 9.64 Å². The van der Waals surface area contributed by atoms with Crippen molar-refractivity contribution in [3.63, 3.8) is 0 Å². The summed E-state index contributed by atoms with van der Waals surface area (Å²) in [5, 5.41) is 3.39. The van der Waals surface area contributed by atoms with Crippen molar-refractivity contribution in [3.05, 3.63) is 0 Å². The van der Waals surface area contributed by atoms with Crippen molar-refractivity contribution >= 4 is 0 Å². The molecule has 0 spiro atoms. The fraction of sp³-hybridized carbons (Fsp3) is 1.00. The third-order valence-corrected chi connectivity index (χ3v) is 3.05. The summed E-state index contributed by atoms with van der Waals surface area (Å²) in [6.07, 6.45) is -3.60. The zero-order valence-corrected chi connectivity index (χ0v) is 10.6. The van der Waals surface area contributed by atoms with Gasteiger partial charge in [0.15, 0.2) is 0 Å². The number of halogens is 3. The van der Waals surface area contributed by atoms with E-state index in [9.17, 15) is 13.2 Å². The van der Waals surface area contributed by atoms with E-state index in [0.717, 1.165) is 19.5 Å². The third kappa shape index (κ3) is 5.23. The van der Waals surface area contributed by atoms with Crippen molar-refractivity contribution in [2.45, 2.75) is 45.1 Å². The van der Waals surface area contributed by atoms with Gasteiger partial charge in [0.25, 0.3) is 0 Å². The second-order valence-corrected chi connectivity index (χ2v) is 5.09. The minimum Gasteiger partial charge on any atom is -0.309 e. The highest BCUT2D eigenvalue weighted by molar-refractivity contribution is 4.91. The predicted octanol–water partition coefficient (Wildman–Crippen LogP) is 1.99. The van der Waals surface area contributed by atoms with Crippen LogP contribution in [0.25, 0.3) is 0 Å². The Morgan fingerprint density at radius 3 is 2.59 bits per heavy atom. The summed E-state index contributed by atoms with van der Waals surface area (Å²) < 4.78 is 39.5. The molecule has 6 heteroatoms. The van der Waals surface area contributed by atoms with Gasteiger partial charge in [0.1, 0.15) is 0 Å². The van der Waals surface area contributed by atoms with E-state index in [4.69, 9.17) is 0 Å². The van der Waals surface area contributed by atoms with Gasteiger partial charge in [-0.1, -0.05) is 6.92 Å². The SMILES string of the molecule is CCC1CNC(C)(C)CN1CCOC(F)(F)F. The second-order valence-electron chi connectivity index (χ2n) is 5.09. The molecule has 0 radical (unpaired) electrons. The van der Waals surface area contributed by atoms with Crippen LogP contribution in [0.1, 0.15) is 27.2 Å². The van der Waals surface area contributed by atoms with E-state index in [2.05, 4.69) is 28.8 Å². The molecule has 0 aromatic carbocycles. The number of rotatable bonds is 4. The molecule has 17 heavy (non-hydrogen) atoms. The van der Waals surface area contributed by atoms with Gasteiger partial charge in [-0.05, 0) is 20.3 Å². The number of nitrogens with one attached hydrogen (secondary N) is 1. The van der Waals surface area contributed by atoms with Crippen molar-refractivity contribution in [2.24, 2.45) is 0 Å². The van der Waals surface area contributed by atoms with E-state index in [1.54, 1.807) is 0 Å². The highest BCUT2D eigenvalue weighted by Crippen LogP contribution is 2.19. The Labute approximate surface area is 100 Å². The van der Waals surface area contributed by atoms with E-state index in [0.29, 0.717) is 12.6 Å². The van der Waals surface area contributed by atoms with E-state index >= 15 is 0 Å². The van der Waals surface area contributed by atoms with Crippen LogP contribution in [0.3, 0.4) is 0 Å². The molecule has 3 nitrogen and oxygen atoms in total. The van der Waals surface area contributed by atoms with Gasteiger partial charge in [0, 0.05) is 31.2 Å². The average molecular weight is 254 g/mol. The average Bonchev–Trinajstić information content (AvgIpc) is 2.15. The maximum Gasteiger partial charge on any atom is 0.522 e. The molecule has 1 heterocycles. The van der Waals surface area contributed by atoms with Crippen LogP contribution in [0.15, 0.2) is 0 Å². The van der Waals surface area contributed by atoms with E-state index in [1.807, 2.05) is 6.92 Å². The quantitative estimate of drug-likeness (QED) is 0.830. The number of piperazine rings is 1. The smallest absolute Gasteiger partial charge is 0.309 e. The van der Waals surface area contributed by atoms with Gasteiger partial charge in [-0.15, -0.1) is 13.2 Å². The third-order valence-electron chi connectivity index (χ3n) is 3.05. The number of alkyl halides is 3. The summed E-state index contributed by atoms with van der Waals surface area (Å²) in [4.78, 5) is 2.07. The van der Waals surface area contributed by atoms with Crippen molar-refractivity contribution < 1.29 is 17.9 Å². The van der Waals surface area contributed by atoms with Crippen molar-refractivity contribution in [3.8, 4) is 0 Å². The molecule has 0 aliphatic carbocycles. The second kappa shape index (κ2) is 5.54. The topological polar surface area (TPSA) is 24.5 Å². The molecule has 0 bridgehead atoms. The maximum absolute atomic E-state index is 11.9. The van der Waals surface area contributed by atoms with Crippen molar-refractivity contribution in [2.75, 3.05) is 26.2 Å². The Balaban J connectivity index is 2.42. The van der Waals surface area contributed by atoms with Crippen LogP contribution in [0.2, 0.25) is 0 Å². The van der Waals surface area contributed by atoms with Crippen LogP contribution < -0.4 is 5.32 Å². The molecule has 0 aromatic rings. The molecule has 1 saturated heterocycles. The summed E-state index contributed by atoms with van der Waals surface area (Å²) in [7, 11) is 0. The lowest BCUT2D eigenvalue weighted by Crippen LogP contribution is -2.61. The first-order chi connectivity index (χ1) is 7.73. The summed E-state index contributed by atoms with van der Waals surface area (Å²) >= 11 is 0. The first-order valence-electron chi connectivity index (χ1n) is 5.93. The number of nitrogens with zero attached hydrogens (tertiary/aromatic N) is 1. The zero-order valence-electron chi connectivity index (χ0n) is 10.6. The molecule has 102 valence electrons. The molecule has 1 atom stereocenters. The standard InChI is InChI=1S/C11H21F3N2O/c1-4-9-7-15-10(2,3)8-16(9)5-6-17-11(12,13)14/h9,15H,4-8H2,1-3H3. The molecule has 1 aliphatic rings. The summed E-state index contributed by atoms with van der Waals surface area (Å²) in [6.45, 7) is 7.73. The minimum absolute atomic E-state index is 0.0517. The maximum atomic E-state index is 11.9. The summed E-state index contributed by atoms with van der Waals surface area (Å²) in [5.74, 6) is 0. The van der Waals surface area contributed by atoms with Crippen molar-refractivity contribution in [1.29, 1.82) is 0 Å².